The highest BCUT2D eigenvalue weighted by Gasteiger charge is 2.15. The van der Waals surface area contributed by atoms with Crippen molar-refractivity contribution in [2.45, 2.75) is 6.04 Å². The number of halogens is 1. The molecule has 1 rings (SSSR count). The summed E-state index contributed by atoms with van der Waals surface area (Å²) in [5.74, 6) is -0.458. The largest absolute Gasteiger partial charge is 0.353 e. The number of nitrogens with one attached hydrogen (secondary N) is 1. The number of carbonyl (C=O) groups excluding carboxylic acids is 1. The van der Waals surface area contributed by atoms with Crippen LogP contribution in [0, 0.1) is 0 Å². The van der Waals surface area contributed by atoms with Crippen LogP contribution in [0.3, 0.4) is 0 Å². The Morgan fingerprint density at radius 3 is 2.39 bits per heavy atom. The molecule has 1 atom stereocenters. The van der Waals surface area contributed by atoms with Gasteiger partial charge in [0.2, 0.25) is 5.91 Å². The van der Waals surface area contributed by atoms with Crippen LogP contribution in [0.25, 0.3) is 0 Å². The number of carbonyl (C=O) groups is 1. The molecule has 3 N–H and O–H groups in total. The summed E-state index contributed by atoms with van der Waals surface area (Å²) in [5, 5.41) is 2.49. The van der Waals surface area contributed by atoms with Gasteiger partial charge in [0.15, 0.2) is 0 Å². The average Bonchev–Trinajstić information content (AvgIpc) is 2.27. The second-order valence-corrected chi connectivity index (χ2v) is 6.07. The van der Waals surface area contributed by atoms with Crippen molar-refractivity contribution in [2.75, 3.05) is 18.6 Å². The van der Waals surface area contributed by atoms with Crippen LogP contribution in [0.4, 0.5) is 0 Å². The van der Waals surface area contributed by atoms with Crippen LogP contribution in [0.15, 0.2) is 30.3 Å². The summed E-state index contributed by atoms with van der Waals surface area (Å²) in [6.07, 6.45) is 1.12. The minimum Gasteiger partial charge on any atom is -0.353 e. The zero-order valence-electron chi connectivity index (χ0n) is 10.00. The fraction of sp³-hybridized carbons (Fsp3) is 0.364. The van der Waals surface area contributed by atoms with E-state index in [1.165, 1.54) is 0 Å². The van der Waals surface area contributed by atoms with Gasteiger partial charge >= 0.3 is 0 Å². The monoisotopic (exact) mass is 292 g/mol. The highest BCUT2D eigenvalue weighted by atomic mass is 35.5. The number of sulfone groups is 1. The van der Waals surface area contributed by atoms with Crippen LogP contribution in [0.1, 0.15) is 11.6 Å². The SMILES string of the molecule is CS(=O)(=O)CCNC(=O)C(N)c1ccccc1.Cl. The van der Waals surface area contributed by atoms with Crippen molar-refractivity contribution in [2.24, 2.45) is 5.73 Å². The Morgan fingerprint density at radius 1 is 1.33 bits per heavy atom. The van der Waals surface area contributed by atoms with E-state index >= 15 is 0 Å². The molecule has 18 heavy (non-hydrogen) atoms. The molecule has 1 aromatic carbocycles. The summed E-state index contributed by atoms with van der Waals surface area (Å²) in [4.78, 5) is 11.6. The van der Waals surface area contributed by atoms with E-state index in [-0.39, 0.29) is 30.6 Å². The molecule has 0 saturated carbocycles. The first-order chi connectivity index (χ1) is 7.90. The third kappa shape index (κ3) is 6.00. The van der Waals surface area contributed by atoms with Gasteiger partial charge in [-0.05, 0) is 5.56 Å². The van der Waals surface area contributed by atoms with Gasteiger partial charge in [-0.2, -0.15) is 0 Å². The number of benzene rings is 1. The third-order valence-electron chi connectivity index (χ3n) is 2.21. The third-order valence-corrected chi connectivity index (χ3v) is 3.16. The zero-order valence-corrected chi connectivity index (χ0v) is 11.6. The highest BCUT2D eigenvalue weighted by Crippen LogP contribution is 2.08. The van der Waals surface area contributed by atoms with E-state index in [4.69, 9.17) is 5.73 Å². The van der Waals surface area contributed by atoms with Gasteiger partial charge < -0.3 is 11.1 Å². The normalized spacial score (nSPS) is 12.3. The molecule has 1 amide bonds. The van der Waals surface area contributed by atoms with E-state index in [0.717, 1.165) is 6.26 Å². The number of amides is 1. The van der Waals surface area contributed by atoms with Crippen molar-refractivity contribution in [3.05, 3.63) is 35.9 Å². The maximum atomic E-state index is 11.6. The molecule has 1 aromatic rings. The highest BCUT2D eigenvalue weighted by molar-refractivity contribution is 7.90. The Kier molecular flexibility index (Phi) is 6.90. The van der Waals surface area contributed by atoms with E-state index < -0.39 is 15.9 Å². The molecule has 1 unspecified atom stereocenters. The van der Waals surface area contributed by atoms with E-state index in [2.05, 4.69) is 5.32 Å². The zero-order chi connectivity index (χ0) is 12.9. The van der Waals surface area contributed by atoms with E-state index in [9.17, 15) is 13.2 Å². The maximum absolute atomic E-state index is 11.6. The average molecular weight is 293 g/mol. The first-order valence-electron chi connectivity index (χ1n) is 5.16. The molecule has 5 nitrogen and oxygen atoms in total. The first-order valence-corrected chi connectivity index (χ1v) is 7.22. The van der Waals surface area contributed by atoms with Crippen LogP contribution in [-0.4, -0.2) is 32.9 Å². The summed E-state index contributed by atoms with van der Waals surface area (Å²) in [7, 11) is -3.07. The second-order valence-electron chi connectivity index (χ2n) is 3.81. The molecule has 0 heterocycles. The lowest BCUT2D eigenvalue weighted by Gasteiger charge is -2.11. The molecule has 0 radical (unpaired) electrons. The Balaban J connectivity index is 0.00000289. The first kappa shape index (κ1) is 16.9. The second kappa shape index (κ2) is 7.35. The Morgan fingerprint density at radius 2 is 1.89 bits per heavy atom. The van der Waals surface area contributed by atoms with Crippen molar-refractivity contribution in [1.82, 2.24) is 5.32 Å². The van der Waals surface area contributed by atoms with Gasteiger partial charge in [0, 0.05) is 12.8 Å². The molecule has 0 spiro atoms. The number of rotatable bonds is 5. The van der Waals surface area contributed by atoms with Gasteiger partial charge in [-0.3, -0.25) is 4.79 Å². The van der Waals surface area contributed by atoms with Crippen molar-refractivity contribution < 1.29 is 13.2 Å². The van der Waals surface area contributed by atoms with E-state index in [1.54, 1.807) is 24.3 Å². The predicted octanol–water partition coefficient (Wildman–Crippen LogP) is 0.269. The Bertz CT molecular complexity index is 476. The van der Waals surface area contributed by atoms with Gasteiger partial charge in [-0.25, -0.2) is 8.42 Å². The molecule has 0 saturated heterocycles. The van der Waals surface area contributed by atoms with Gasteiger partial charge in [-0.1, -0.05) is 30.3 Å². The number of hydrogen-bond donors (Lipinski definition) is 2. The van der Waals surface area contributed by atoms with Crippen LogP contribution >= 0.6 is 12.4 Å². The summed E-state index contributed by atoms with van der Waals surface area (Å²) in [6, 6.07) is 8.15. The maximum Gasteiger partial charge on any atom is 0.241 e. The van der Waals surface area contributed by atoms with Gasteiger partial charge in [-0.15, -0.1) is 12.4 Å². The topological polar surface area (TPSA) is 89.3 Å². The smallest absolute Gasteiger partial charge is 0.241 e. The molecule has 0 aromatic heterocycles. The summed E-state index contributed by atoms with van der Waals surface area (Å²) in [5.41, 5.74) is 6.43. The van der Waals surface area contributed by atoms with Crippen LogP contribution in [-0.2, 0) is 14.6 Å². The lowest BCUT2D eigenvalue weighted by molar-refractivity contribution is -0.122. The van der Waals surface area contributed by atoms with Crippen LogP contribution < -0.4 is 11.1 Å². The van der Waals surface area contributed by atoms with Crippen molar-refractivity contribution >= 4 is 28.2 Å². The van der Waals surface area contributed by atoms with E-state index in [0.29, 0.717) is 5.56 Å². The molecular weight excluding hydrogens is 276 g/mol. The standard InChI is InChI=1S/C11H16N2O3S.ClH/c1-17(15,16)8-7-13-11(14)10(12)9-5-3-2-4-6-9;/h2-6,10H,7-8,12H2,1H3,(H,13,14);1H. The Hall–Kier alpha value is -1.11. The quantitative estimate of drug-likeness (QED) is 0.815. The van der Waals surface area contributed by atoms with E-state index in [1.807, 2.05) is 6.07 Å². The van der Waals surface area contributed by atoms with Gasteiger partial charge in [0.25, 0.3) is 0 Å². The van der Waals surface area contributed by atoms with Gasteiger partial charge in [0.05, 0.1) is 5.75 Å². The number of nitrogens with two attached hydrogens (primary N) is 1. The Labute approximate surface area is 113 Å². The minimum atomic E-state index is -3.07. The minimum absolute atomic E-state index is 0. The molecule has 7 heteroatoms. The summed E-state index contributed by atoms with van der Waals surface area (Å²) < 4.78 is 21.7. The van der Waals surface area contributed by atoms with Crippen molar-refractivity contribution in [3.63, 3.8) is 0 Å². The molecule has 0 fully saturated rings. The molecule has 0 aliphatic carbocycles. The lowest BCUT2D eigenvalue weighted by Crippen LogP contribution is -2.36. The molecule has 0 bridgehead atoms. The number of hydrogen-bond acceptors (Lipinski definition) is 4. The van der Waals surface area contributed by atoms with Crippen molar-refractivity contribution in [3.8, 4) is 0 Å². The fourth-order valence-corrected chi connectivity index (χ4v) is 1.75. The van der Waals surface area contributed by atoms with Crippen molar-refractivity contribution in [1.29, 1.82) is 0 Å². The predicted molar refractivity (Wildman–Crippen MR) is 73.3 cm³/mol. The van der Waals surface area contributed by atoms with Crippen LogP contribution in [0.5, 0.6) is 0 Å². The molecule has 0 aliphatic heterocycles. The summed E-state index contributed by atoms with van der Waals surface area (Å²) in [6.45, 7) is 0.0815. The summed E-state index contributed by atoms with van der Waals surface area (Å²) >= 11 is 0. The molecule has 0 aliphatic rings. The molecular formula is C11H17ClN2O3S. The van der Waals surface area contributed by atoms with Crippen LogP contribution in [0.2, 0.25) is 0 Å². The lowest BCUT2D eigenvalue weighted by atomic mass is 10.1. The fourth-order valence-electron chi connectivity index (χ4n) is 1.28. The molecule has 102 valence electrons. The van der Waals surface area contributed by atoms with Gasteiger partial charge in [0.1, 0.15) is 15.9 Å².